The van der Waals surface area contributed by atoms with Crippen LogP contribution in [0.25, 0.3) is 0 Å². The maximum Gasteiger partial charge on any atom is 0.347 e. The minimum absolute atomic E-state index is 0.249. The fourth-order valence-electron chi connectivity index (χ4n) is 1.65. The van der Waals surface area contributed by atoms with E-state index in [2.05, 4.69) is 15.3 Å². The van der Waals surface area contributed by atoms with Crippen molar-refractivity contribution in [2.45, 2.75) is 13.5 Å². The first-order chi connectivity index (χ1) is 8.20. The zero-order valence-corrected chi connectivity index (χ0v) is 9.84. The number of pyridine rings is 1. The molecule has 2 aromatic heterocycles. The fourth-order valence-corrected chi connectivity index (χ4v) is 1.65. The third-order valence-electron chi connectivity index (χ3n) is 2.45. The Labute approximate surface area is 99.2 Å². The first-order valence-electron chi connectivity index (χ1n) is 5.35. The molecular formula is C12H14N4O. The number of aryl methyl sites for hydroxylation is 1. The van der Waals surface area contributed by atoms with Gasteiger partial charge in [-0.2, -0.15) is 0 Å². The van der Waals surface area contributed by atoms with Crippen molar-refractivity contribution in [3.63, 3.8) is 0 Å². The number of anilines is 1. The Morgan fingerprint density at radius 3 is 3.00 bits per heavy atom. The Kier molecular flexibility index (Phi) is 3.18. The molecule has 2 aromatic rings. The van der Waals surface area contributed by atoms with E-state index in [1.807, 2.05) is 26.1 Å². The monoisotopic (exact) mass is 230 g/mol. The average Bonchev–Trinajstić information content (AvgIpc) is 2.34. The van der Waals surface area contributed by atoms with Gasteiger partial charge in [0, 0.05) is 31.2 Å². The van der Waals surface area contributed by atoms with Gasteiger partial charge in [-0.15, -0.1) is 0 Å². The molecule has 0 atom stereocenters. The molecule has 0 saturated carbocycles. The molecule has 0 unspecified atom stereocenters. The summed E-state index contributed by atoms with van der Waals surface area (Å²) in [5.41, 5.74) is 1.67. The van der Waals surface area contributed by atoms with E-state index in [-0.39, 0.29) is 5.69 Å². The Morgan fingerprint density at radius 2 is 2.24 bits per heavy atom. The number of aromatic nitrogens is 3. The van der Waals surface area contributed by atoms with Gasteiger partial charge in [0.05, 0.1) is 6.54 Å². The molecule has 0 spiro atoms. The zero-order valence-electron chi connectivity index (χ0n) is 9.84. The van der Waals surface area contributed by atoms with E-state index in [1.165, 1.54) is 0 Å². The molecule has 0 saturated heterocycles. The molecule has 0 aromatic carbocycles. The molecule has 0 fully saturated rings. The lowest BCUT2D eigenvalue weighted by Gasteiger charge is -2.09. The standard InChI is InChI=1S/C12H14N4O/c1-9-6-15-12(17)16(7-9)8-10-4-3-5-14-11(10)13-2/h3-7H,8H2,1-2H3,(H,13,14). The van der Waals surface area contributed by atoms with E-state index >= 15 is 0 Å². The highest BCUT2D eigenvalue weighted by molar-refractivity contribution is 5.43. The van der Waals surface area contributed by atoms with Crippen LogP contribution in [0.3, 0.4) is 0 Å². The van der Waals surface area contributed by atoms with Gasteiger partial charge in [-0.3, -0.25) is 4.57 Å². The van der Waals surface area contributed by atoms with Crippen molar-refractivity contribution in [2.75, 3.05) is 12.4 Å². The molecule has 0 aliphatic carbocycles. The maximum absolute atomic E-state index is 11.6. The summed E-state index contributed by atoms with van der Waals surface area (Å²) in [5.74, 6) is 0.779. The van der Waals surface area contributed by atoms with E-state index in [0.29, 0.717) is 6.54 Å². The quantitative estimate of drug-likeness (QED) is 0.855. The van der Waals surface area contributed by atoms with Crippen molar-refractivity contribution in [3.8, 4) is 0 Å². The second kappa shape index (κ2) is 4.78. The van der Waals surface area contributed by atoms with Gasteiger partial charge < -0.3 is 5.32 Å². The van der Waals surface area contributed by atoms with E-state index in [0.717, 1.165) is 16.9 Å². The van der Waals surface area contributed by atoms with E-state index in [1.54, 1.807) is 23.2 Å². The molecule has 0 aliphatic rings. The zero-order chi connectivity index (χ0) is 12.3. The van der Waals surface area contributed by atoms with Gasteiger partial charge in [-0.1, -0.05) is 6.07 Å². The molecule has 5 nitrogen and oxygen atoms in total. The van der Waals surface area contributed by atoms with E-state index < -0.39 is 0 Å². The summed E-state index contributed by atoms with van der Waals surface area (Å²) in [6.45, 7) is 2.38. The van der Waals surface area contributed by atoms with Crippen LogP contribution in [-0.4, -0.2) is 21.6 Å². The fraction of sp³-hybridized carbons (Fsp3) is 0.250. The smallest absolute Gasteiger partial charge is 0.347 e. The predicted molar refractivity (Wildman–Crippen MR) is 66.1 cm³/mol. The molecule has 0 bridgehead atoms. The summed E-state index contributed by atoms with van der Waals surface area (Å²) in [6.07, 6.45) is 5.08. The van der Waals surface area contributed by atoms with Crippen molar-refractivity contribution in [2.24, 2.45) is 0 Å². The van der Waals surface area contributed by atoms with Crippen LogP contribution in [-0.2, 0) is 6.54 Å². The number of nitrogens with zero attached hydrogens (tertiary/aromatic N) is 3. The van der Waals surface area contributed by atoms with Crippen LogP contribution in [0.2, 0.25) is 0 Å². The van der Waals surface area contributed by atoms with Gasteiger partial charge in [0.1, 0.15) is 5.82 Å². The molecule has 88 valence electrons. The third-order valence-corrected chi connectivity index (χ3v) is 2.45. The van der Waals surface area contributed by atoms with E-state index in [4.69, 9.17) is 0 Å². The van der Waals surface area contributed by atoms with Crippen LogP contribution in [0.4, 0.5) is 5.82 Å². The van der Waals surface area contributed by atoms with Crippen molar-refractivity contribution in [1.82, 2.24) is 14.5 Å². The average molecular weight is 230 g/mol. The molecule has 0 aliphatic heterocycles. The molecular weight excluding hydrogens is 216 g/mol. The molecule has 2 rings (SSSR count). The minimum atomic E-state index is -0.249. The summed E-state index contributed by atoms with van der Waals surface area (Å²) in [4.78, 5) is 19.6. The molecule has 5 heteroatoms. The second-order valence-electron chi connectivity index (χ2n) is 3.80. The number of rotatable bonds is 3. The number of hydrogen-bond donors (Lipinski definition) is 1. The van der Waals surface area contributed by atoms with E-state index in [9.17, 15) is 4.79 Å². The van der Waals surface area contributed by atoms with Crippen molar-refractivity contribution >= 4 is 5.82 Å². The summed E-state index contributed by atoms with van der Waals surface area (Å²) in [5, 5.41) is 3.00. The highest BCUT2D eigenvalue weighted by Gasteiger charge is 2.04. The molecule has 0 radical (unpaired) electrons. The van der Waals surface area contributed by atoms with Gasteiger partial charge in [0.25, 0.3) is 0 Å². The van der Waals surface area contributed by atoms with Crippen LogP contribution in [0.5, 0.6) is 0 Å². The second-order valence-corrected chi connectivity index (χ2v) is 3.80. The van der Waals surface area contributed by atoms with Crippen molar-refractivity contribution < 1.29 is 0 Å². The largest absolute Gasteiger partial charge is 0.373 e. The lowest BCUT2D eigenvalue weighted by molar-refractivity contribution is 0.720. The van der Waals surface area contributed by atoms with Crippen LogP contribution in [0, 0.1) is 6.92 Å². The van der Waals surface area contributed by atoms with Crippen molar-refractivity contribution in [1.29, 1.82) is 0 Å². The third kappa shape index (κ3) is 2.50. The molecule has 17 heavy (non-hydrogen) atoms. The highest BCUT2D eigenvalue weighted by atomic mass is 16.1. The summed E-state index contributed by atoms with van der Waals surface area (Å²) >= 11 is 0. The SMILES string of the molecule is CNc1ncccc1Cn1cc(C)cnc1=O. The Balaban J connectivity index is 2.37. The van der Waals surface area contributed by atoms with Crippen LogP contribution < -0.4 is 11.0 Å². The Hall–Kier alpha value is -2.17. The number of hydrogen-bond acceptors (Lipinski definition) is 4. The first kappa shape index (κ1) is 11.3. The van der Waals surface area contributed by atoms with Crippen LogP contribution in [0.15, 0.2) is 35.5 Å². The van der Waals surface area contributed by atoms with Gasteiger partial charge >= 0.3 is 5.69 Å². The van der Waals surface area contributed by atoms with Crippen LogP contribution in [0.1, 0.15) is 11.1 Å². The van der Waals surface area contributed by atoms with Crippen LogP contribution >= 0.6 is 0 Å². The van der Waals surface area contributed by atoms with Crippen molar-refractivity contribution in [3.05, 3.63) is 52.3 Å². The Morgan fingerprint density at radius 1 is 1.41 bits per heavy atom. The molecule has 2 heterocycles. The molecule has 0 amide bonds. The lowest BCUT2D eigenvalue weighted by Crippen LogP contribution is -2.23. The lowest BCUT2D eigenvalue weighted by atomic mass is 10.2. The first-order valence-corrected chi connectivity index (χ1v) is 5.35. The normalized spacial score (nSPS) is 10.2. The van der Waals surface area contributed by atoms with Gasteiger partial charge in [0.2, 0.25) is 0 Å². The summed E-state index contributed by atoms with van der Waals surface area (Å²) in [6, 6.07) is 3.79. The van der Waals surface area contributed by atoms with Gasteiger partial charge in [-0.25, -0.2) is 14.8 Å². The summed E-state index contributed by atoms with van der Waals surface area (Å²) < 4.78 is 1.58. The minimum Gasteiger partial charge on any atom is -0.373 e. The highest BCUT2D eigenvalue weighted by Crippen LogP contribution is 2.11. The Bertz CT molecular complexity index is 577. The topological polar surface area (TPSA) is 59.8 Å². The predicted octanol–water partition coefficient (Wildman–Crippen LogP) is 1.04. The molecule has 1 N–H and O–H groups in total. The maximum atomic E-state index is 11.6. The van der Waals surface area contributed by atoms with Gasteiger partial charge in [0.15, 0.2) is 0 Å². The number of nitrogens with one attached hydrogen (secondary N) is 1. The van der Waals surface area contributed by atoms with Gasteiger partial charge in [-0.05, 0) is 18.6 Å². The summed E-state index contributed by atoms with van der Waals surface area (Å²) in [7, 11) is 1.81.